The Kier molecular flexibility index (Phi) is 8.61. The lowest BCUT2D eigenvalue weighted by Gasteiger charge is -2.34. The summed E-state index contributed by atoms with van der Waals surface area (Å²) in [5, 5.41) is 13.0. The predicted octanol–water partition coefficient (Wildman–Crippen LogP) is 5.83. The highest BCUT2D eigenvalue weighted by molar-refractivity contribution is 6.00. The molecule has 34 heavy (non-hydrogen) atoms. The Balaban J connectivity index is 1.87. The third-order valence-corrected chi connectivity index (χ3v) is 6.02. The Morgan fingerprint density at radius 2 is 1.29 bits per heavy atom. The lowest BCUT2D eigenvalue weighted by molar-refractivity contribution is 0.0914. The first-order valence-corrected chi connectivity index (χ1v) is 11.7. The summed E-state index contributed by atoms with van der Waals surface area (Å²) in [6.07, 6.45) is -0.406. The number of nitrogens with one attached hydrogen (secondary N) is 1. The van der Waals surface area contributed by atoms with Gasteiger partial charge < -0.3 is 15.3 Å². The monoisotopic (exact) mass is 458 g/mol. The van der Waals surface area contributed by atoms with Crippen molar-refractivity contribution in [2.75, 3.05) is 13.1 Å². The van der Waals surface area contributed by atoms with Gasteiger partial charge in [-0.2, -0.15) is 0 Å². The van der Waals surface area contributed by atoms with Crippen LogP contribution in [0.1, 0.15) is 54.6 Å². The Bertz CT molecular complexity index is 1010. The molecule has 1 amide bonds. The van der Waals surface area contributed by atoms with Crippen molar-refractivity contribution >= 4 is 11.9 Å². The fourth-order valence-electron chi connectivity index (χ4n) is 4.23. The predicted molar refractivity (Wildman–Crippen MR) is 136 cm³/mol. The maximum atomic E-state index is 13.6. The van der Waals surface area contributed by atoms with E-state index in [0.717, 1.165) is 11.1 Å². The van der Waals surface area contributed by atoms with Crippen molar-refractivity contribution in [2.45, 2.75) is 44.7 Å². The molecular formula is C29H34N2O3. The van der Waals surface area contributed by atoms with Gasteiger partial charge in [0.1, 0.15) is 0 Å². The summed E-state index contributed by atoms with van der Waals surface area (Å²) >= 11 is 0. The molecule has 3 rings (SSSR count). The minimum atomic E-state index is -0.966. The van der Waals surface area contributed by atoms with Gasteiger partial charge in [0.2, 0.25) is 0 Å². The van der Waals surface area contributed by atoms with Crippen LogP contribution in [0.2, 0.25) is 0 Å². The average Bonchev–Trinajstić information content (AvgIpc) is 2.84. The van der Waals surface area contributed by atoms with Crippen molar-refractivity contribution in [1.29, 1.82) is 0 Å². The first kappa shape index (κ1) is 25.2. The SMILES string of the molecule is CC(C)(C)N(CCNC(CC(c1ccccc1)c1ccccc1)C(=O)c1ccccc1)C(=O)O. The highest BCUT2D eigenvalue weighted by Gasteiger charge is 2.28. The molecular weight excluding hydrogens is 424 g/mol. The fraction of sp³-hybridized carbons (Fsp3) is 0.310. The second-order valence-corrected chi connectivity index (χ2v) is 9.45. The number of ketones is 1. The van der Waals surface area contributed by atoms with E-state index in [1.807, 2.05) is 87.5 Å². The Morgan fingerprint density at radius 3 is 1.74 bits per heavy atom. The van der Waals surface area contributed by atoms with Gasteiger partial charge >= 0.3 is 6.09 Å². The lowest BCUT2D eigenvalue weighted by atomic mass is 9.84. The van der Waals surface area contributed by atoms with Crippen molar-refractivity contribution in [3.8, 4) is 0 Å². The van der Waals surface area contributed by atoms with Crippen LogP contribution in [-0.4, -0.2) is 46.6 Å². The van der Waals surface area contributed by atoms with Crippen LogP contribution in [0.15, 0.2) is 91.0 Å². The van der Waals surface area contributed by atoms with Crippen LogP contribution in [0.5, 0.6) is 0 Å². The summed E-state index contributed by atoms with van der Waals surface area (Å²) < 4.78 is 0. The van der Waals surface area contributed by atoms with E-state index >= 15 is 0 Å². The summed E-state index contributed by atoms with van der Waals surface area (Å²) in [4.78, 5) is 26.7. The second-order valence-electron chi connectivity index (χ2n) is 9.45. The number of nitrogens with zero attached hydrogens (tertiary/aromatic N) is 1. The number of amides is 1. The second kappa shape index (κ2) is 11.6. The number of carbonyl (C=O) groups excluding carboxylic acids is 1. The van der Waals surface area contributed by atoms with Gasteiger partial charge in [0.25, 0.3) is 0 Å². The Hall–Kier alpha value is -3.44. The molecule has 1 unspecified atom stereocenters. The fourth-order valence-corrected chi connectivity index (χ4v) is 4.23. The summed E-state index contributed by atoms with van der Waals surface area (Å²) in [5.41, 5.74) is 2.40. The van der Waals surface area contributed by atoms with Crippen LogP contribution >= 0.6 is 0 Å². The molecule has 0 aliphatic rings. The smallest absolute Gasteiger partial charge is 0.407 e. The van der Waals surface area contributed by atoms with Gasteiger partial charge in [-0.15, -0.1) is 0 Å². The van der Waals surface area contributed by atoms with Crippen molar-refractivity contribution in [3.05, 3.63) is 108 Å². The summed E-state index contributed by atoms with van der Waals surface area (Å²) in [7, 11) is 0. The van der Waals surface area contributed by atoms with Crippen molar-refractivity contribution < 1.29 is 14.7 Å². The van der Waals surface area contributed by atoms with Crippen LogP contribution in [-0.2, 0) is 0 Å². The zero-order valence-corrected chi connectivity index (χ0v) is 20.1. The topological polar surface area (TPSA) is 69.6 Å². The molecule has 3 aromatic carbocycles. The van der Waals surface area contributed by atoms with E-state index in [0.29, 0.717) is 25.1 Å². The van der Waals surface area contributed by atoms with Crippen molar-refractivity contribution in [1.82, 2.24) is 10.2 Å². The standard InChI is InChI=1S/C29H34N2O3/c1-29(2,3)31(28(33)34)20-19-30-26(27(32)24-17-11-6-12-18-24)21-25(22-13-7-4-8-14-22)23-15-9-5-10-16-23/h4-18,25-26,30H,19-21H2,1-3H3,(H,33,34). The molecule has 0 spiro atoms. The van der Waals surface area contributed by atoms with Gasteiger partial charge in [0.05, 0.1) is 6.04 Å². The first-order chi connectivity index (χ1) is 16.3. The number of hydrogen-bond acceptors (Lipinski definition) is 3. The molecule has 0 fully saturated rings. The van der Waals surface area contributed by atoms with Crippen molar-refractivity contribution in [2.24, 2.45) is 0 Å². The van der Waals surface area contributed by atoms with E-state index in [-0.39, 0.29) is 11.7 Å². The number of carboxylic acid groups (broad SMARTS) is 1. The van der Waals surface area contributed by atoms with Crippen LogP contribution in [0, 0.1) is 0 Å². The molecule has 0 bridgehead atoms. The van der Waals surface area contributed by atoms with Crippen LogP contribution < -0.4 is 5.32 Å². The molecule has 178 valence electrons. The number of hydrogen-bond donors (Lipinski definition) is 2. The molecule has 5 heteroatoms. The molecule has 0 aliphatic heterocycles. The first-order valence-electron chi connectivity index (χ1n) is 11.7. The third-order valence-electron chi connectivity index (χ3n) is 6.02. The van der Waals surface area contributed by atoms with E-state index in [9.17, 15) is 14.7 Å². The summed E-state index contributed by atoms with van der Waals surface area (Å²) in [6, 6.07) is 29.2. The van der Waals surface area contributed by atoms with Gasteiger partial charge in [-0.05, 0) is 38.3 Å². The zero-order chi connectivity index (χ0) is 24.6. The minimum absolute atomic E-state index is 0.00935. The molecule has 0 heterocycles. The van der Waals surface area contributed by atoms with E-state index in [2.05, 4.69) is 29.6 Å². The van der Waals surface area contributed by atoms with Crippen LogP contribution in [0.3, 0.4) is 0 Å². The lowest BCUT2D eigenvalue weighted by Crippen LogP contribution is -2.49. The molecule has 5 nitrogen and oxygen atoms in total. The number of benzene rings is 3. The Labute approximate surface area is 202 Å². The van der Waals surface area contributed by atoms with E-state index in [1.54, 1.807) is 0 Å². The van der Waals surface area contributed by atoms with Gasteiger partial charge in [-0.3, -0.25) is 4.79 Å². The summed E-state index contributed by atoms with van der Waals surface area (Å²) in [5.74, 6) is 0.0286. The molecule has 0 aromatic heterocycles. The maximum Gasteiger partial charge on any atom is 0.407 e. The van der Waals surface area contributed by atoms with Gasteiger partial charge in [-0.1, -0.05) is 91.0 Å². The normalized spacial score (nSPS) is 12.4. The van der Waals surface area contributed by atoms with Crippen molar-refractivity contribution in [3.63, 3.8) is 0 Å². The minimum Gasteiger partial charge on any atom is -0.465 e. The number of carbonyl (C=O) groups is 2. The summed E-state index contributed by atoms with van der Waals surface area (Å²) in [6.45, 7) is 6.28. The molecule has 0 radical (unpaired) electrons. The third kappa shape index (κ3) is 6.78. The van der Waals surface area contributed by atoms with E-state index < -0.39 is 17.7 Å². The largest absolute Gasteiger partial charge is 0.465 e. The van der Waals surface area contributed by atoms with Crippen LogP contribution in [0.4, 0.5) is 4.79 Å². The Morgan fingerprint density at radius 1 is 0.824 bits per heavy atom. The molecule has 1 atom stereocenters. The van der Waals surface area contributed by atoms with Gasteiger partial charge in [-0.25, -0.2) is 4.79 Å². The highest BCUT2D eigenvalue weighted by atomic mass is 16.4. The molecule has 0 aliphatic carbocycles. The molecule has 3 aromatic rings. The molecule has 0 saturated heterocycles. The number of Topliss-reactive ketones (excluding diaryl/α,β-unsaturated/α-hetero) is 1. The van der Waals surface area contributed by atoms with Crippen LogP contribution in [0.25, 0.3) is 0 Å². The molecule has 0 saturated carbocycles. The van der Waals surface area contributed by atoms with Gasteiger partial charge in [0, 0.05) is 30.1 Å². The molecule has 2 N–H and O–H groups in total. The average molecular weight is 459 g/mol. The number of rotatable bonds is 10. The zero-order valence-electron chi connectivity index (χ0n) is 20.1. The van der Waals surface area contributed by atoms with E-state index in [4.69, 9.17) is 0 Å². The highest BCUT2D eigenvalue weighted by Crippen LogP contribution is 2.30. The maximum absolute atomic E-state index is 13.6. The van der Waals surface area contributed by atoms with E-state index in [1.165, 1.54) is 4.90 Å². The van der Waals surface area contributed by atoms with Gasteiger partial charge in [0.15, 0.2) is 5.78 Å². The quantitative estimate of drug-likeness (QED) is 0.375.